The Balaban J connectivity index is 2.55. The summed E-state index contributed by atoms with van der Waals surface area (Å²) in [6.45, 7) is 0. The quantitative estimate of drug-likeness (QED) is 0.686. The van der Waals surface area contributed by atoms with Crippen LogP contribution in [-0.2, 0) is 6.42 Å². The Morgan fingerprint density at radius 3 is 2.63 bits per heavy atom. The smallest absolute Gasteiger partial charge is 0.346 e. The van der Waals surface area contributed by atoms with Crippen LogP contribution in [0, 0.1) is 0 Å². The topological polar surface area (TPSA) is 57.6 Å². The molecule has 0 bridgehead atoms. The first kappa shape index (κ1) is 14.1. The van der Waals surface area contributed by atoms with E-state index in [4.69, 9.17) is 0 Å². The molecule has 1 aromatic rings. The van der Waals surface area contributed by atoms with Crippen molar-refractivity contribution in [3.63, 3.8) is 0 Å². The van der Waals surface area contributed by atoms with E-state index in [1.807, 2.05) is 31.5 Å². The Bertz CT molecular complexity index is 573. The molecule has 2 rings (SSSR count). The van der Waals surface area contributed by atoms with Gasteiger partial charge in [0.25, 0.3) is 0 Å². The van der Waals surface area contributed by atoms with Crippen LogP contribution < -0.4 is 0 Å². The van der Waals surface area contributed by atoms with Gasteiger partial charge in [0.15, 0.2) is 5.78 Å². The lowest BCUT2D eigenvalue weighted by Gasteiger charge is -2.17. The van der Waals surface area contributed by atoms with Gasteiger partial charge in [-0.1, -0.05) is 0 Å². The van der Waals surface area contributed by atoms with Crippen molar-refractivity contribution in [1.29, 1.82) is 0 Å². The molecule has 0 fully saturated rings. The number of carbonyl (C=O) groups is 2. The van der Waals surface area contributed by atoms with Crippen LogP contribution in [0.2, 0.25) is 0 Å². The summed E-state index contributed by atoms with van der Waals surface area (Å²) in [7, 11) is 3.75. The molecule has 0 amide bonds. The van der Waals surface area contributed by atoms with Crippen LogP contribution in [0.1, 0.15) is 32.0 Å². The summed E-state index contributed by atoms with van der Waals surface area (Å²) in [5, 5.41) is 9.21. The van der Waals surface area contributed by atoms with Crippen LogP contribution in [-0.4, -0.2) is 42.1 Å². The summed E-state index contributed by atoms with van der Waals surface area (Å²) < 4.78 is 0.807. The van der Waals surface area contributed by atoms with Crippen LogP contribution in [0.25, 0.3) is 0 Å². The van der Waals surface area contributed by atoms with E-state index in [-0.39, 0.29) is 5.78 Å². The molecule has 0 saturated carbocycles. The second-order valence-electron chi connectivity index (χ2n) is 4.53. The second kappa shape index (κ2) is 5.38. The van der Waals surface area contributed by atoms with Crippen molar-refractivity contribution in [3.8, 4) is 0 Å². The number of rotatable bonds is 3. The molecule has 102 valence electrons. The van der Waals surface area contributed by atoms with Crippen molar-refractivity contribution in [2.45, 2.75) is 17.1 Å². The molecular weight excluding hydrogens is 282 g/mol. The predicted molar refractivity (Wildman–Crippen MR) is 77.5 cm³/mol. The van der Waals surface area contributed by atoms with E-state index in [0.717, 1.165) is 9.78 Å². The van der Waals surface area contributed by atoms with Gasteiger partial charge in [0.05, 0.1) is 9.77 Å². The Morgan fingerprint density at radius 1 is 1.42 bits per heavy atom. The molecular formula is C13H15NO3S2. The van der Waals surface area contributed by atoms with Crippen molar-refractivity contribution >= 4 is 34.9 Å². The van der Waals surface area contributed by atoms with E-state index in [0.29, 0.717) is 28.8 Å². The lowest BCUT2D eigenvalue weighted by molar-refractivity contribution is 0.0701. The van der Waals surface area contributed by atoms with E-state index in [1.165, 1.54) is 23.1 Å². The van der Waals surface area contributed by atoms with Crippen molar-refractivity contribution < 1.29 is 14.7 Å². The molecule has 1 aliphatic carbocycles. The van der Waals surface area contributed by atoms with Crippen LogP contribution in [0.15, 0.2) is 16.0 Å². The maximum absolute atomic E-state index is 12.5. The number of aromatic carboxylic acids is 1. The fourth-order valence-corrected chi connectivity index (χ4v) is 4.12. The van der Waals surface area contributed by atoms with Crippen molar-refractivity contribution in [1.82, 2.24) is 4.90 Å². The predicted octanol–water partition coefficient (Wildman–Crippen LogP) is 2.74. The first-order valence-electron chi connectivity index (χ1n) is 5.80. The zero-order valence-electron chi connectivity index (χ0n) is 11.0. The molecule has 19 heavy (non-hydrogen) atoms. The number of thioether (sulfide) groups is 1. The van der Waals surface area contributed by atoms with Crippen molar-refractivity contribution in [3.05, 3.63) is 27.8 Å². The second-order valence-corrected chi connectivity index (χ2v) is 6.62. The van der Waals surface area contributed by atoms with E-state index >= 15 is 0 Å². The summed E-state index contributed by atoms with van der Waals surface area (Å²) in [5.74, 6) is -0.961. The number of carboxylic acids is 1. The number of carboxylic acid groups (broad SMARTS) is 1. The number of thiophene rings is 1. The number of carbonyl (C=O) groups excluding carboxylic acids is 1. The molecule has 1 aliphatic rings. The highest BCUT2D eigenvalue weighted by Gasteiger charge is 2.31. The van der Waals surface area contributed by atoms with Crippen LogP contribution in [0.3, 0.4) is 0 Å². The number of ketones is 1. The van der Waals surface area contributed by atoms with E-state index in [2.05, 4.69) is 0 Å². The van der Waals surface area contributed by atoms with Crippen LogP contribution in [0.4, 0.5) is 0 Å². The normalized spacial score (nSPS) is 16.6. The summed E-state index contributed by atoms with van der Waals surface area (Å²) in [4.78, 5) is 25.9. The molecule has 6 heteroatoms. The summed E-state index contributed by atoms with van der Waals surface area (Å²) in [6, 6.07) is 0. The standard InChI is InChI=1S/C13H15NO3S2/c1-14(2)6-7-4-5-8-9(10(7)15)13(18-3)19-11(8)12(16)17/h6H,4-5H2,1-3H3,(H,16,17)/b7-6+. The van der Waals surface area contributed by atoms with Gasteiger partial charge in [0, 0.05) is 25.9 Å². The highest BCUT2D eigenvalue weighted by atomic mass is 32.2. The fraction of sp³-hybridized carbons (Fsp3) is 0.385. The molecule has 1 heterocycles. The minimum Gasteiger partial charge on any atom is -0.477 e. The van der Waals surface area contributed by atoms with Gasteiger partial charge in [-0.05, 0) is 24.7 Å². The Labute approximate surface area is 120 Å². The number of hydrogen-bond donors (Lipinski definition) is 1. The third kappa shape index (κ3) is 2.55. The molecule has 1 aromatic heterocycles. The SMILES string of the molecule is CSc1sc(C(=O)O)c2c1C(=O)/C(=C/N(C)C)CC2. The third-order valence-electron chi connectivity index (χ3n) is 2.93. The summed E-state index contributed by atoms with van der Waals surface area (Å²) in [6.07, 6.45) is 4.93. The van der Waals surface area contributed by atoms with E-state index in [1.54, 1.807) is 0 Å². The average molecular weight is 297 g/mol. The number of allylic oxidation sites excluding steroid dienone is 1. The average Bonchev–Trinajstić information content (AvgIpc) is 2.71. The number of nitrogens with zero attached hydrogens (tertiary/aromatic N) is 1. The largest absolute Gasteiger partial charge is 0.477 e. The monoisotopic (exact) mass is 297 g/mol. The first-order chi connectivity index (χ1) is 8.95. The zero-order valence-corrected chi connectivity index (χ0v) is 12.7. The molecule has 0 saturated heterocycles. The Kier molecular flexibility index (Phi) is 4.01. The number of Topliss-reactive ketones (excluding diaryl/α,β-unsaturated/α-hetero) is 1. The summed E-state index contributed by atoms with van der Waals surface area (Å²) >= 11 is 2.65. The molecule has 0 unspecified atom stereocenters. The summed E-state index contributed by atoms with van der Waals surface area (Å²) in [5.41, 5.74) is 2.07. The number of hydrogen-bond acceptors (Lipinski definition) is 5. The van der Waals surface area contributed by atoms with E-state index < -0.39 is 5.97 Å². The minimum atomic E-state index is -0.936. The van der Waals surface area contributed by atoms with Gasteiger partial charge < -0.3 is 10.0 Å². The fourth-order valence-electron chi connectivity index (χ4n) is 2.20. The molecule has 4 nitrogen and oxygen atoms in total. The maximum atomic E-state index is 12.5. The lowest BCUT2D eigenvalue weighted by atomic mass is 9.89. The van der Waals surface area contributed by atoms with Crippen LogP contribution >= 0.6 is 23.1 Å². The molecule has 0 aromatic carbocycles. The van der Waals surface area contributed by atoms with Crippen molar-refractivity contribution in [2.24, 2.45) is 0 Å². The van der Waals surface area contributed by atoms with Gasteiger partial charge in [0.1, 0.15) is 4.88 Å². The van der Waals surface area contributed by atoms with Gasteiger partial charge in [-0.2, -0.15) is 0 Å². The molecule has 0 aliphatic heterocycles. The highest BCUT2D eigenvalue weighted by Crippen LogP contribution is 2.40. The van der Waals surface area contributed by atoms with Gasteiger partial charge in [0.2, 0.25) is 0 Å². The lowest BCUT2D eigenvalue weighted by Crippen LogP contribution is -2.17. The minimum absolute atomic E-state index is 0.0250. The zero-order chi connectivity index (χ0) is 14.2. The molecule has 1 N–H and O–H groups in total. The van der Waals surface area contributed by atoms with E-state index in [9.17, 15) is 14.7 Å². The van der Waals surface area contributed by atoms with Gasteiger partial charge >= 0.3 is 5.97 Å². The van der Waals surface area contributed by atoms with Gasteiger partial charge in [-0.25, -0.2) is 4.79 Å². The number of fused-ring (bicyclic) bond motifs is 1. The van der Waals surface area contributed by atoms with Gasteiger partial charge in [-0.15, -0.1) is 23.1 Å². The first-order valence-corrected chi connectivity index (χ1v) is 7.84. The Hall–Kier alpha value is -1.27. The highest BCUT2D eigenvalue weighted by molar-refractivity contribution is 8.00. The molecule has 0 spiro atoms. The van der Waals surface area contributed by atoms with Gasteiger partial charge in [-0.3, -0.25) is 4.79 Å². The van der Waals surface area contributed by atoms with Crippen LogP contribution in [0.5, 0.6) is 0 Å². The van der Waals surface area contributed by atoms with Crippen molar-refractivity contribution in [2.75, 3.05) is 20.4 Å². The molecule has 0 atom stereocenters. The molecule has 0 radical (unpaired) electrons. The maximum Gasteiger partial charge on any atom is 0.346 e. The third-order valence-corrected chi connectivity index (χ3v) is 5.27. The Morgan fingerprint density at radius 2 is 2.11 bits per heavy atom.